The van der Waals surface area contributed by atoms with Crippen LogP contribution < -0.4 is 16.0 Å². The van der Waals surface area contributed by atoms with Gasteiger partial charge in [-0.3, -0.25) is 9.59 Å². The molecule has 3 N–H and O–H groups in total. The molecule has 1 aliphatic heterocycles. The van der Waals surface area contributed by atoms with Gasteiger partial charge in [0, 0.05) is 17.6 Å². The van der Waals surface area contributed by atoms with Crippen LogP contribution in [0.25, 0.3) is 0 Å². The number of rotatable bonds is 5. The van der Waals surface area contributed by atoms with Crippen LogP contribution in [0, 0.1) is 0 Å². The number of halogens is 1. The van der Waals surface area contributed by atoms with E-state index in [4.69, 9.17) is 0 Å². The van der Waals surface area contributed by atoms with Crippen molar-refractivity contribution < 1.29 is 9.59 Å². The zero-order valence-electron chi connectivity index (χ0n) is 15.4. The van der Waals surface area contributed by atoms with E-state index in [9.17, 15) is 9.59 Å². The summed E-state index contributed by atoms with van der Waals surface area (Å²) in [6, 6.07) is 18.1. The highest BCUT2D eigenvalue weighted by atomic mass is 35.5. The molecule has 1 fully saturated rings. The first-order valence-electron chi connectivity index (χ1n) is 9.08. The molecule has 3 atom stereocenters. The van der Waals surface area contributed by atoms with Gasteiger partial charge in [-0.2, -0.15) is 0 Å². The predicted octanol–water partition coefficient (Wildman–Crippen LogP) is 2.84. The van der Waals surface area contributed by atoms with E-state index in [1.807, 2.05) is 48.5 Å². The summed E-state index contributed by atoms with van der Waals surface area (Å²) in [5.41, 5.74) is 1.31. The zero-order valence-corrected chi connectivity index (χ0v) is 16.2. The maximum atomic E-state index is 12.9. The molecule has 0 radical (unpaired) electrons. The number of hydrogen-bond donors (Lipinski definition) is 3. The van der Waals surface area contributed by atoms with Gasteiger partial charge < -0.3 is 16.0 Å². The van der Waals surface area contributed by atoms with E-state index in [-0.39, 0.29) is 30.3 Å². The standard InChI is InChI=1S/C21H25N3O2.ClH/c1-15-14-18(12-13-22-15)23-21(26)19(16-8-4-2-5-9-16)24-20(25)17-10-6-3-7-11-17;/h2-11,15,18-19,22H,12-14H2,1H3,(H,23,26)(H,24,25);1H. The average Bonchev–Trinajstić information content (AvgIpc) is 2.67. The Morgan fingerprint density at radius 1 is 1.04 bits per heavy atom. The third-order valence-electron chi connectivity index (χ3n) is 4.68. The Kier molecular flexibility index (Phi) is 7.82. The van der Waals surface area contributed by atoms with Crippen molar-refractivity contribution in [3.63, 3.8) is 0 Å². The lowest BCUT2D eigenvalue weighted by molar-refractivity contribution is -0.124. The van der Waals surface area contributed by atoms with Crippen LogP contribution >= 0.6 is 12.4 Å². The molecular formula is C21H26ClN3O2. The Morgan fingerprint density at radius 2 is 1.67 bits per heavy atom. The molecule has 27 heavy (non-hydrogen) atoms. The van der Waals surface area contributed by atoms with Crippen LogP contribution in [0.2, 0.25) is 0 Å². The maximum Gasteiger partial charge on any atom is 0.252 e. The summed E-state index contributed by atoms with van der Waals surface area (Å²) in [5, 5.41) is 9.37. The van der Waals surface area contributed by atoms with E-state index in [1.165, 1.54) is 0 Å². The van der Waals surface area contributed by atoms with Crippen molar-refractivity contribution in [3.8, 4) is 0 Å². The number of piperidine rings is 1. The van der Waals surface area contributed by atoms with Crippen LogP contribution in [0.5, 0.6) is 0 Å². The van der Waals surface area contributed by atoms with E-state index >= 15 is 0 Å². The molecule has 0 aliphatic carbocycles. The highest BCUT2D eigenvalue weighted by Gasteiger charge is 2.27. The SMILES string of the molecule is CC1CC(NC(=O)C(NC(=O)c2ccccc2)c2ccccc2)CCN1.Cl. The maximum absolute atomic E-state index is 12.9. The molecule has 1 heterocycles. The van der Waals surface area contributed by atoms with Crippen LogP contribution in [0.3, 0.4) is 0 Å². The molecule has 5 nitrogen and oxygen atoms in total. The van der Waals surface area contributed by atoms with Gasteiger partial charge in [-0.1, -0.05) is 48.5 Å². The summed E-state index contributed by atoms with van der Waals surface area (Å²) in [6.45, 7) is 3.00. The Morgan fingerprint density at radius 3 is 2.30 bits per heavy atom. The second-order valence-electron chi connectivity index (χ2n) is 6.77. The van der Waals surface area contributed by atoms with Crippen molar-refractivity contribution >= 4 is 24.2 Å². The monoisotopic (exact) mass is 387 g/mol. The minimum atomic E-state index is -0.714. The Balaban J connectivity index is 0.00000261. The van der Waals surface area contributed by atoms with Crippen molar-refractivity contribution in [2.24, 2.45) is 0 Å². The number of carbonyl (C=O) groups excluding carboxylic acids is 2. The second-order valence-corrected chi connectivity index (χ2v) is 6.77. The number of carbonyl (C=O) groups is 2. The molecule has 0 aromatic heterocycles. The van der Waals surface area contributed by atoms with Gasteiger partial charge in [-0.15, -0.1) is 12.4 Å². The first-order chi connectivity index (χ1) is 12.6. The molecule has 1 aliphatic rings. The highest BCUT2D eigenvalue weighted by Crippen LogP contribution is 2.16. The lowest BCUT2D eigenvalue weighted by atomic mass is 9.99. The summed E-state index contributed by atoms with van der Waals surface area (Å²) in [6.07, 6.45) is 1.78. The topological polar surface area (TPSA) is 70.2 Å². The van der Waals surface area contributed by atoms with Crippen molar-refractivity contribution in [3.05, 3.63) is 71.8 Å². The molecule has 2 amide bonds. The molecule has 6 heteroatoms. The van der Waals surface area contributed by atoms with Gasteiger partial charge >= 0.3 is 0 Å². The van der Waals surface area contributed by atoms with Crippen LogP contribution in [0.15, 0.2) is 60.7 Å². The van der Waals surface area contributed by atoms with E-state index in [0.717, 1.165) is 24.9 Å². The Bertz CT molecular complexity index is 740. The number of hydrogen-bond acceptors (Lipinski definition) is 3. The Hall–Kier alpha value is -2.37. The lowest BCUT2D eigenvalue weighted by Crippen LogP contribution is -2.50. The predicted molar refractivity (Wildman–Crippen MR) is 109 cm³/mol. The van der Waals surface area contributed by atoms with Gasteiger partial charge in [0.1, 0.15) is 6.04 Å². The molecule has 0 spiro atoms. The number of benzene rings is 2. The molecule has 0 bridgehead atoms. The van der Waals surface area contributed by atoms with Gasteiger partial charge in [0.2, 0.25) is 5.91 Å². The summed E-state index contributed by atoms with van der Waals surface area (Å²) < 4.78 is 0. The van der Waals surface area contributed by atoms with E-state index < -0.39 is 6.04 Å². The zero-order chi connectivity index (χ0) is 18.4. The molecule has 3 rings (SSSR count). The summed E-state index contributed by atoms with van der Waals surface area (Å²) in [4.78, 5) is 25.5. The number of amides is 2. The smallest absolute Gasteiger partial charge is 0.252 e. The first kappa shape index (κ1) is 20.9. The fourth-order valence-corrected chi connectivity index (χ4v) is 3.30. The summed E-state index contributed by atoms with van der Waals surface area (Å²) in [5.74, 6) is -0.423. The van der Waals surface area contributed by atoms with E-state index in [1.54, 1.807) is 12.1 Å². The van der Waals surface area contributed by atoms with Gasteiger partial charge in [-0.25, -0.2) is 0 Å². The van der Waals surface area contributed by atoms with Gasteiger partial charge in [-0.05, 0) is 44.0 Å². The molecule has 2 aromatic carbocycles. The lowest BCUT2D eigenvalue weighted by Gasteiger charge is -2.30. The summed E-state index contributed by atoms with van der Waals surface area (Å²) in [7, 11) is 0. The molecule has 144 valence electrons. The van der Waals surface area contributed by atoms with E-state index in [0.29, 0.717) is 11.6 Å². The minimum absolute atomic E-state index is 0. The van der Waals surface area contributed by atoms with Gasteiger partial charge in [0.05, 0.1) is 0 Å². The van der Waals surface area contributed by atoms with Crippen LogP contribution in [-0.4, -0.2) is 30.4 Å². The fraction of sp³-hybridized carbons (Fsp3) is 0.333. The van der Waals surface area contributed by atoms with Gasteiger partial charge in [0.25, 0.3) is 5.91 Å². The largest absolute Gasteiger partial charge is 0.351 e. The van der Waals surface area contributed by atoms with Crippen molar-refractivity contribution in [2.45, 2.75) is 37.9 Å². The molecule has 2 aromatic rings. The molecule has 3 unspecified atom stereocenters. The first-order valence-corrected chi connectivity index (χ1v) is 9.08. The van der Waals surface area contributed by atoms with Gasteiger partial charge in [0.15, 0.2) is 0 Å². The third kappa shape index (κ3) is 5.81. The van der Waals surface area contributed by atoms with E-state index in [2.05, 4.69) is 22.9 Å². The van der Waals surface area contributed by atoms with Crippen LogP contribution in [0.1, 0.15) is 41.7 Å². The summed E-state index contributed by atoms with van der Waals surface area (Å²) >= 11 is 0. The normalized spacial score (nSPS) is 20.0. The molecular weight excluding hydrogens is 362 g/mol. The van der Waals surface area contributed by atoms with Crippen LogP contribution in [0.4, 0.5) is 0 Å². The molecule has 1 saturated heterocycles. The fourth-order valence-electron chi connectivity index (χ4n) is 3.30. The average molecular weight is 388 g/mol. The Labute approximate surface area is 166 Å². The van der Waals surface area contributed by atoms with Crippen molar-refractivity contribution in [2.75, 3.05) is 6.54 Å². The van der Waals surface area contributed by atoms with Crippen LogP contribution in [-0.2, 0) is 4.79 Å². The highest BCUT2D eigenvalue weighted by molar-refractivity contribution is 5.97. The van der Waals surface area contributed by atoms with Crippen molar-refractivity contribution in [1.29, 1.82) is 0 Å². The number of nitrogens with one attached hydrogen (secondary N) is 3. The van der Waals surface area contributed by atoms with Crippen molar-refractivity contribution in [1.82, 2.24) is 16.0 Å². The third-order valence-corrected chi connectivity index (χ3v) is 4.68. The second kappa shape index (κ2) is 10.1. The quantitative estimate of drug-likeness (QED) is 0.738. The molecule has 0 saturated carbocycles. The minimum Gasteiger partial charge on any atom is -0.351 e.